The van der Waals surface area contributed by atoms with Gasteiger partial charge in [-0.1, -0.05) is 0 Å². The topological polar surface area (TPSA) is 69.3 Å². The highest BCUT2D eigenvalue weighted by Crippen LogP contribution is 2.32. The molecule has 0 radical (unpaired) electrons. The third-order valence-corrected chi connectivity index (χ3v) is 4.68. The molecule has 6 heteroatoms. The lowest BCUT2D eigenvalue weighted by atomic mass is 10.1. The van der Waals surface area contributed by atoms with Crippen molar-refractivity contribution in [2.24, 2.45) is 0 Å². The largest absolute Gasteiger partial charge is 0.464 e. The van der Waals surface area contributed by atoms with Crippen LogP contribution in [0.1, 0.15) is 50.3 Å². The van der Waals surface area contributed by atoms with Crippen LogP contribution in [0.3, 0.4) is 0 Å². The van der Waals surface area contributed by atoms with Gasteiger partial charge in [-0.05, 0) is 44.2 Å². The molecule has 1 aromatic heterocycles. The van der Waals surface area contributed by atoms with E-state index >= 15 is 0 Å². The molecule has 0 spiro atoms. The van der Waals surface area contributed by atoms with Crippen molar-refractivity contribution >= 4 is 10.9 Å². The highest BCUT2D eigenvalue weighted by Gasteiger charge is 2.22. The second-order valence-corrected chi connectivity index (χ2v) is 6.31. The molecular formula is C18H21N3O3. The molecule has 2 aromatic rings. The maximum Gasteiger partial charge on any atom is 0.199 e. The Morgan fingerprint density at radius 1 is 1.12 bits per heavy atom. The quantitative estimate of drug-likeness (QED) is 0.863. The Morgan fingerprint density at radius 3 is 2.67 bits per heavy atom. The monoisotopic (exact) mass is 327 g/mol. The lowest BCUT2D eigenvalue weighted by Crippen LogP contribution is -2.25. The van der Waals surface area contributed by atoms with E-state index in [1.54, 1.807) is 6.20 Å². The van der Waals surface area contributed by atoms with Crippen LogP contribution < -0.4 is 4.74 Å². The summed E-state index contributed by atoms with van der Waals surface area (Å²) in [5.74, 6) is 0.570. The van der Waals surface area contributed by atoms with E-state index in [1.807, 2.05) is 16.8 Å². The van der Waals surface area contributed by atoms with Gasteiger partial charge in [0, 0.05) is 18.4 Å². The Labute approximate surface area is 140 Å². The fraction of sp³-hybridized carbons (Fsp3) is 0.556. The first-order valence-corrected chi connectivity index (χ1v) is 8.67. The Hall–Kier alpha value is -2.10. The van der Waals surface area contributed by atoms with Gasteiger partial charge in [0.15, 0.2) is 12.5 Å². The molecule has 0 saturated carbocycles. The second-order valence-electron chi connectivity index (χ2n) is 6.31. The molecule has 126 valence electrons. The predicted molar refractivity (Wildman–Crippen MR) is 87.5 cm³/mol. The summed E-state index contributed by atoms with van der Waals surface area (Å²) in [7, 11) is 0. The summed E-state index contributed by atoms with van der Waals surface area (Å²) in [5, 5.41) is 14.9. The Balaban J connectivity index is 1.66. The van der Waals surface area contributed by atoms with Crippen molar-refractivity contribution in [1.82, 2.24) is 9.78 Å². The first-order chi connectivity index (χ1) is 11.9. The second kappa shape index (κ2) is 6.80. The zero-order valence-electron chi connectivity index (χ0n) is 13.6. The van der Waals surface area contributed by atoms with Crippen molar-refractivity contribution in [2.75, 3.05) is 13.2 Å². The average molecular weight is 327 g/mol. The number of ether oxygens (including phenoxy) is 3. The summed E-state index contributed by atoms with van der Waals surface area (Å²) in [5.41, 5.74) is 1.43. The van der Waals surface area contributed by atoms with Crippen LogP contribution in [0.2, 0.25) is 0 Å². The Kier molecular flexibility index (Phi) is 4.37. The van der Waals surface area contributed by atoms with Crippen LogP contribution in [0.5, 0.6) is 5.75 Å². The molecule has 2 fully saturated rings. The minimum absolute atomic E-state index is 0.0451. The molecule has 6 nitrogen and oxygen atoms in total. The smallest absolute Gasteiger partial charge is 0.199 e. The first kappa shape index (κ1) is 15.4. The minimum atomic E-state index is -0.264. The molecule has 1 aromatic carbocycles. The van der Waals surface area contributed by atoms with E-state index in [4.69, 9.17) is 14.2 Å². The third kappa shape index (κ3) is 2.85. The standard InChI is InChI=1S/C18H21N3O3/c19-11-13-14-12-20-21(17-5-1-3-9-22-17)15(14)7-8-16(13)24-18-6-2-4-10-23-18/h7-8,12,17-18H,1-6,9-10H2. The van der Waals surface area contributed by atoms with Gasteiger partial charge in [0.25, 0.3) is 0 Å². The van der Waals surface area contributed by atoms with Crippen molar-refractivity contribution in [1.29, 1.82) is 5.26 Å². The molecule has 2 atom stereocenters. The van der Waals surface area contributed by atoms with Crippen LogP contribution in [-0.2, 0) is 9.47 Å². The number of nitriles is 1. The summed E-state index contributed by atoms with van der Waals surface area (Å²) in [6, 6.07) is 6.07. The van der Waals surface area contributed by atoms with Gasteiger partial charge in [0.1, 0.15) is 17.4 Å². The number of fused-ring (bicyclic) bond motifs is 1. The molecule has 0 N–H and O–H groups in total. The number of hydrogen-bond donors (Lipinski definition) is 0. The fourth-order valence-electron chi connectivity index (χ4n) is 3.41. The molecule has 4 rings (SSSR count). The van der Waals surface area contributed by atoms with E-state index in [0.717, 1.165) is 56.0 Å². The van der Waals surface area contributed by atoms with Crippen LogP contribution in [0, 0.1) is 11.3 Å². The van der Waals surface area contributed by atoms with E-state index in [0.29, 0.717) is 17.9 Å². The molecule has 0 bridgehead atoms. The summed E-state index contributed by atoms with van der Waals surface area (Å²) in [4.78, 5) is 0. The summed E-state index contributed by atoms with van der Waals surface area (Å²) in [6.45, 7) is 1.48. The number of aromatic nitrogens is 2. The van der Waals surface area contributed by atoms with Crippen molar-refractivity contribution in [2.45, 2.75) is 51.0 Å². The van der Waals surface area contributed by atoms with Crippen molar-refractivity contribution in [3.8, 4) is 11.8 Å². The molecule has 2 saturated heterocycles. The van der Waals surface area contributed by atoms with Gasteiger partial charge in [-0.2, -0.15) is 10.4 Å². The molecular weight excluding hydrogens is 306 g/mol. The maximum atomic E-state index is 9.63. The van der Waals surface area contributed by atoms with E-state index in [2.05, 4.69) is 11.2 Å². The molecule has 0 aliphatic carbocycles. The zero-order chi connectivity index (χ0) is 16.4. The highest BCUT2D eigenvalue weighted by atomic mass is 16.7. The molecule has 2 aliphatic rings. The highest BCUT2D eigenvalue weighted by molar-refractivity contribution is 5.87. The maximum absolute atomic E-state index is 9.63. The van der Waals surface area contributed by atoms with Crippen molar-refractivity contribution in [3.05, 3.63) is 23.9 Å². The van der Waals surface area contributed by atoms with Gasteiger partial charge in [-0.3, -0.25) is 0 Å². The van der Waals surface area contributed by atoms with Gasteiger partial charge >= 0.3 is 0 Å². The Morgan fingerprint density at radius 2 is 1.96 bits per heavy atom. The average Bonchev–Trinajstić information content (AvgIpc) is 3.07. The van der Waals surface area contributed by atoms with E-state index in [1.165, 1.54) is 0 Å². The number of benzene rings is 1. The first-order valence-electron chi connectivity index (χ1n) is 8.67. The number of rotatable bonds is 3. The SMILES string of the molecule is N#Cc1c(OC2CCCCO2)ccc2c1cnn2C1CCCCO1. The number of hydrogen-bond acceptors (Lipinski definition) is 5. The molecule has 24 heavy (non-hydrogen) atoms. The van der Waals surface area contributed by atoms with Crippen LogP contribution >= 0.6 is 0 Å². The zero-order valence-corrected chi connectivity index (χ0v) is 13.6. The minimum Gasteiger partial charge on any atom is -0.464 e. The van der Waals surface area contributed by atoms with E-state index in [-0.39, 0.29) is 12.5 Å². The molecule has 3 heterocycles. The van der Waals surface area contributed by atoms with Crippen molar-refractivity contribution in [3.63, 3.8) is 0 Å². The predicted octanol–water partition coefficient (Wildman–Crippen LogP) is 3.51. The van der Waals surface area contributed by atoms with Gasteiger partial charge in [0.2, 0.25) is 0 Å². The lowest BCUT2D eigenvalue weighted by Gasteiger charge is -2.24. The van der Waals surface area contributed by atoms with Crippen molar-refractivity contribution < 1.29 is 14.2 Å². The summed E-state index contributed by atoms with van der Waals surface area (Å²) < 4.78 is 19.3. The Bertz CT molecular complexity index is 753. The fourth-order valence-corrected chi connectivity index (χ4v) is 3.41. The van der Waals surface area contributed by atoms with E-state index < -0.39 is 0 Å². The van der Waals surface area contributed by atoms with Gasteiger partial charge in [-0.25, -0.2) is 4.68 Å². The van der Waals surface area contributed by atoms with Gasteiger partial charge in [-0.15, -0.1) is 0 Å². The molecule has 2 aliphatic heterocycles. The van der Waals surface area contributed by atoms with Crippen LogP contribution in [0.25, 0.3) is 10.9 Å². The van der Waals surface area contributed by atoms with Crippen LogP contribution in [-0.4, -0.2) is 29.3 Å². The van der Waals surface area contributed by atoms with Gasteiger partial charge < -0.3 is 14.2 Å². The van der Waals surface area contributed by atoms with Crippen LogP contribution in [0.4, 0.5) is 0 Å². The summed E-state index contributed by atoms with van der Waals surface area (Å²) in [6.07, 6.45) is 7.63. The third-order valence-electron chi connectivity index (χ3n) is 4.68. The molecule has 0 amide bonds. The number of nitrogens with zero attached hydrogens (tertiary/aromatic N) is 3. The normalized spacial score (nSPS) is 24.6. The van der Waals surface area contributed by atoms with Crippen LogP contribution in [0.15, 0.2) is 18.3 Å². The van der Waals surface area contributed by atoms with E-state index in [9.17, 15) is 5.26 Å². The summed E-state index contributed by atoms with van der Waals surface area (Å²) >= 11 is 0. The molecule has 2 unspecified atom stereocenters. The van der Waals surface area contributed by atoms with Gasteiger partial charge in [0.05, 0.1) is 18.3 Å². The lowest BCUT2D eigenvalue weighted by molar-refractivity contribution is -0.105.